The Kier molecular flexibility index (Phi) is 12.7. The molecule has 0 saturated heterocycles. The van der Waals surface area contributed by atoms with Gasteiger partial charge >= 0.3 is 0 Å². The number of aliphatic hydroxyl groups excluding tert-OH is 1. The number of hydrogen-bond acceptors (Lipinski definition) is 4. The topological polar surface area (TPSA) is 83.8 Å². The second-order valence-electron chi connectivity index (χ2n) is 5.47. The van der Waals surface area contributed by atoms with Crippen molar-refractivity contribution in [1.29, 1.82) is 0 Å². The summed E-state index contributed by atoms with van der Waals surface area (Å²) in [5.74, 6) is 0.935. The molecule has 1 aromatic carbocycles. The van der Waals surface area contributed by atoms with Gasteiger partial charge < -0.3 is 9.84 Å². The Labute approximate surface area is 140 Å². The summed E-state index contributed by atoms with van der Waals surface area (Å²) in [5, 5.41) is 8.82. The van der Waals surface area contributed by atoms with Crippen LogP contribution < -0.4 is 4.74 Å². The first-order chi connectivity index (χ1) is 10.9. The second-order valence-corrected chi connectivity index (χ2v) is 6.93. The maximum absolute atomic E-state index is 9.19. The minimum atomic E-state index is -3.67. The molecule has 0 bridgehead atoms. The van der Waals surface area contributed by atoms with Crippen LogP contribution in [-0.2, 0) is 16.5 Å². The molecule has 0 heterocycles. The van der Waals surface area contributed by atoms with Crippen LogP contribution in [0.25, 0.3) is 0 Å². The lowest BCUT2D eigenvalue weighted by Crippen LogP contribution is -1.98. The molecule has 134 valence electrons. The van der Waals surface area contributed by atoms with E-state index in [1.807, 2.05) is 24.3 Å². The lowest BCUT2D eigenvalue weighted by atomic mass is 10.1. The molecule has 0 saturated carbocycles. The molecule has 0 amide bonds. The molecular weight excluding hydrogens is 316 g/mol. The van der Waals surface area contributed by atoms with Gasteiger partial charge in [-0.3, -0.25) is 4.55 Å². The van der Waals surface area contributed by atoms with E-state index in [2.05, 4.69) is 6.92 Å². The Morgan fingerprint density at radius 3 is 2.04 bits per heavy atom. The molecule has 1 rings (SSSR count). The first-order valence-corrected chi connectivity index (χ1v) is 9.96. The zero-order valence-electron chi connectivity index (χ0n) is 14.2. The van der Waals surface area contributed by atoms with E-state index >= 15 is 0 Å². The smallest absolute Gasteiger partial charge is 0.261 e. The summed E-state index contributed by atoms with van der Waals surface area (Å²) in [6.07, 6.45) is 9.18. The van der Waals surface area contributed by atoms with E-state index in [1.165, 1.54) is 32.1 Å². The van der Waals surface area contributed by atoms with Crippen LogP contribution in [-0.4, -0.2) is 37.5 Å². The van der Waals surface area contributed by atoms with Crippen LogP contribution in [0.2, 0.25) is 0 Å². The van der Waals surface area contributed by atoms with Gasteiger partial charge in [0.15, 0.2) is 0 Å². The SMILES string of the molecule is CCCCCCCCOc1ccc(CCO)cc1.CS(=O)(=O)O. The van der Waals surface area contributed by atoms with Crippen molar-refractivity contribution in [2.75, 3.05) is 19.5 Å². The van der Waals surface area contributed by atoms with Gasteiger partial charge in [-0.05, 0) is 30.5 Å². The van der Waals surface area contributed by atoms with E-state index in [0.717, 1.165) is 30.8 Å². The van der Waals surface area contributed by atoms with E-state index in [1.54, 1.807) is 0 Å². The molecule has 0 fully saturated rings. The highest BCUT2D eigenvalue weighted by Gasteiger charge is 1.96. The van der Waals surface area contributed by atoms with Gasteiger partial charge in [-0.25, -0.2) is 0 Å². The fourth-order valence-corrected chi connectivity index (χ4v) is 1.95. The van der Waals surface area contributed by atoms with Crippen molar-refractivity contribution >= 4 is 10.1 Å². The molecule has 0 aliphatic rings. The number of ether oxygens (including phenoxy) is 1. The second kappa shape index (κ2) is 13.3. The first-order valence-electron chi connectivity index (χ1n) is 8.12. The van der Waals surface area contributed by atoms with E-state index < -0.39 is 10.1 Å². The van der Waals surface area contributed by atoms with Gasteiger partial charge in [0.1, 0.15) is 5.75 Å². The predicted molar refractivity (Wildman–Crippen MR) is 93.6 cm³/mol. The zero-order valence-corrected chi connectivity index (χ0v) is 15.0. The zero-order chi connectivity index (χ0) is 17.6. The van der Waals surface area contributed by atoms with Crippen molar-refractivity contribution in [3.05, 3.63) is 29.8 Å². The lowest BCUT2D eigenvalue weighted by Gasteiger charge is -2.07. The number of hydrogen-bond donors (Lipinski definition) is 2. The van der Waals surface area contributed by atoms with Gasteiger partial charge in [0, 0.05) is 6.61 Å². The molecule has 0 unspecified atom stereocenters. The molecule has 0 atom stereocenters. The largest absolute Gasteiger partial charge is 0.494 e. The maximum Gasteiger partial charge on any atom is 0.261 e. The van der Waals surface area contributed by atoms with Gasteiger partial charge in [-0.15, -0.1) is 0 Å². The van der Waals surface area contributed by atoms with Crippen LogP contribution in [0.4, 0.5) is 0 Å². The van der Waals surface area contributed by atoms with Crippen LogP contribution in [0.15, 0.2) is 24.3 Å². The number of unbranched alkanes of at least 4 members (excludes halogenated alkanes) is 5. The molecule has 2 N–H and O–H groups in total. The van der Waals surface area contributed by atoms with Crippen LogP contribution in [0.1, 0.15) is 51.0 Å². The summed E-state index contributed by atoms with van der Waals surface area (Å²) in [7, 11) is -3.67. The van der Waals surface area contributed by atoms with Gasteiger partial charge in [-0.2, -0.15) is 8.42 Å². The summed E-state index contributed by atoms with van der Waals surface area (Å²) < 4.78 is 31.6. The average molecular weight is 346 g/mol. The quantitative estimate of drug-likeness (QED) is 0.501. The van der Waals surface area contributed by atoms with Crippen molar-refractivity contribution in [2.24, 2.45) is 0 Å². The Morgan fingerprint density at radius 2 is 1.52 bits per heavy atom. The first kappa shape index (κ1) is 21.9. The minimum Gasteiger partial charge on any atom is -0.494 e. The molecule has 6 heteroatoms. The van der Waals surface area contributed by atoms with Gasteiger partial charge in [-0.1, -0.05) is 51.2 Å². The van der Waals surface area contributed by atoms with E-state index in [9.17, 15) is 8.42 Å². The Hall–Kier alpha value is -1.11. The molecule has 0 spiro atoms. The van der Waals surface area contributed by atoms with Crippen molar-refractivity contribution in [2.45, 2.75) is 51.9 Å². The van der Waals surface area contributed by atoms with Crippen LogP contribution >= 0.6 is 0 Å². The highest BCUT2D eigenvalue weighted by molar-refractivity contribution is 7.85. The monoisotopic (exact) mass is 346 g/mol. The van der Waals surface area contributed by atoms with Crippen LogP contribution in [0.5, 0.6) is 5.75 Å². The highest BCUT2D eigenvalue weighted by atomic mass is 32.2. The fourth-order valence-electron chi connectivity index (χ4n) is 1.95. The summed E-state index contributed by atoms with van der Waals surface area (Å²) in [5.41, 5.74) is 1.16. The molecule has 23 heavy (non-hydrogen) atoms. The average Bonchev–Trinajstić information content (AvgIpc) is 2.47. The molecule has 0 aliphatic heterocycles. The van der Waals surface area contributed by atoms with Gasteiger partial charge in [0.25, 0.3) is 10.1 Å². The lowest BCUT2D eigenvalue weighted by molar-refractivity contribution is 0.298. The Balaban J connectivity index is 0.000000841. The summed E-state index contributed by atoms with van der Waals surface area (Å²) >= 11 is 0. The molecular formula is C17H30O5S. The number of rotatable bonds is 10. The van der Waals surface area contributed by atoms with Gasteiger partial charge in [0.05, 0.1) is 12.9 Å². The molecule has 1 aromatic rings. The standard InChI is InChI=1S/C16H26O2.CH4O3S/c1-2-3-4-5-6-7-14-18-16-10-8-15(9-11-16)12-13-17;1-5(2,3)4/h8-11,17H,2-7,12-14H2,1H3;1H3,(H,2,3,4). The summed E-state index contributed by atoms with van der Waals surface area (Å²) in [6.45, 7) is 3.26. The van der Waals surface area contributed by atoms with E-state index in [4.69, 9.17) is 14.4 Å². The highest BCUT2D eigenvalue weighted by Crippen LogP contribution is 2.13. The van der Waals surface area contributed by atoms with E-state index in [-0.39, 0.29) is 6.61 Å². The minimum absolute atomic E-state index is 0.206. The molecule has 0 aromatic heterocycles. The third-order valence-electron chi connectivity index (χ3n) is 3.09. The van der Waals surface area contributed by atoms with Crippen molar-refractivity contribution in [3.63, 3.8) is 0 Å². The normalized spacial score (nSPS) is 10.8. The summed E-state index contributed by atoms with van der Waals surface area (Å²) in [4.78, 5) is 0. The fraction of sp³-hybridized carbons (Fsp3) is 0.647. The third-order valence-corrected chi connectivity index (χ3v) is 3.09. The summed E-state index contributed by atoms with van der Waals surface area (Å²) in [6, 6.07) is 8.02. The number of benzene rings is 1. The third kappa shape index (κ3) is 17.1. The van der Waals surface area contributed by atoms with Crippen LogP contribution in [0.3, 0.4) is 0 Å². The molecule has 5 nitrogen and oxygen atoms in total. The van der Waals surface area contributed by atoms with Crippen molar-refractivity contribution in [1.82, 2.24) is 0 Å². The van der Waals surface area contributed by atoms with Gasteiger partial charge in [0.2, 0.25) is 0 Å². The number of aliphatic hydroxyl groups is 1. The van der Waals surface area contributed by atoms with Crippen molar-refractivity contribution < 1.29 is 22.8 Å². The maximum atomic E-state index is 9.19. The van der Waals surface area contributed by atoms with Crippen molar-refractivity contribution in [3.8, 4) is 5.75 Å². The predicted octanol–water partition coefficient (Wildman–Crippen LogP) is 3.46. The van der Waals surface area contributed by atoms with Crippen LogP contribution in [0, 0.1) is 0 Å². The molecule has 0 radical (unpaired) electrons. The Bertz CT molecular complexity index is 474. The van der Waals surface area contributed by atoms with E-state index in [0.29, 0.717) is 6.26 Å². The molecule has 0 aliphatic carbocycles. The Morgan fingerprint density at radius 1 is 1.00 bits per heavy atom.